The lowest BCUT2D eigenvalue weighted by Crippen LogP contribution is -2.43. The third kappa shape index (κ3) is 5.02. The summed E-state index contributed by atoms with van der Waals surface area (Å²) >= 11 is 0. The Hall–Kier alpha value is -7.63. The first-order chi connectivity index (χ1) is 29.5. The van der Waals surface area contributed by atoms with Gasteiger partial charge in [-0.2, -0.15) is 0 Å². The fraction of sp³-hybridized carbons (Fsp3) is 0.0727. The number of para-hydroxylation sites is 2. The molecule has 0 fully saturated rings. The third-order valence-electron chi connectivity index (χ3n) is 12.7. The molecule has 8 aromatic carbocycles. The maximum Gasteiger partial charge on any atom is 0.164 e. The standard InChI is InChI=1S/C55H37N3O2/c1-54(2)41-20-7-9-22-43(41)55(44-23-10-8-21-42(44)54)45-24-11-13-26-48(45)60-50-32-36(28-30-46(50)55)35-17-14-18-37(31-35)52-56-51(34-15-4-3-5-16-34)57-53(58-52)38-27-29-40-39-19-6-12-25-47(39)59-49(40)33-38/h3-33H,1-2H3. The topological polar surface area (TPSA) is 61.0 Å². The predicted octanol–water partition coefficient (Wildman–Crippen LogP) is 13.6. The van der Waals surface area contributed by atoms with Crippen molar-refractivity contribution >= 4 is 21.9 Å². The van der Waals surface area contributed by atoms with Crippen LogP contribution in [-0.4, -0.2) is 15.0 Å². The predicted molar refractivity (Wildman–Crippen MR) is 239 cm³/mol. The maximum atomic E-state index is 6.90. The van der Waals surface area contributed by atoms with Crippen molar-refractivity contribution in [1.29, 1.82) is 0 Å². The molecule has 0 radical (unpaired) electrons. The quantitative estimate of drug-likeness (QED) is 0.178. The molecule has 1 aliphatic heterocycles. The highest BCUT2D eigenvalue weighted by molar-refractivity contribution is 6.05. The molecule has 3 heterocycles. The highest BCUT2D eigenvalue weighted by atomic mass is 16.5. The van der Waals surface area contributed by atoms with Gasteiger partial charge in [-0.15, -0.1) is 0 Å². The Labute approximate surface area is 347 Å². The molecule has 0 saturated carbocycles. The van der Waals surface area contributed by atoms with Crippen molar-refractivity contribution in [2.24, 2.45) is 0 Å². The van der Waals surface area contributed by atoms with Gasteiger partial charge in [0.2, 0.25) is 0 Å². The van der Waals surface area contributed by atoms with Crippen LogP contribution in [0, 0.1) is 0 Å². The summed E-state index contributed by atoms with van der Waals surface area (Å²) in [6, 6.07) is 66.0. The number of rotatable bonds is 4. The van der Waals surface area contributed by atoms with Gasteiger partial charge >= 0.3 is 0 Å². The van der Waals surface area contributed by atoms with Crippen LogP contribution in [-0.2, 0) is 10.8 Å². The summed E-state index contributed by atoms with van der Waals surface area (Å²) < 4.78 is 13.2. The number of benzene rings is 8. The van der Waals surface area contributed by atoms with Crippen LogP contribution in [0.2, 0.25) is 0 Å². The molecule has 0 saturated heterocycles. The van der Waals surface area contributed by atoms with Gasteiger partial charge in [-0.25, -0.2) is 15.0 Å². The van der Waals surface area contributed by atoms with Crippen LogP contribution >= 0.6 is 0 Å². The minimum atomic E-state index is -0.562. The van der Waals surface area contributed by atoms with Gasteiger partial charge in [0.05, 0.1) is 5.41 Å². The highest BCUT2D eigenvalue weighted by Crippen LogP contribution is 2.61. The van der Waals surface area contributed by atoms with E-state index in [1.165, 1.54) is 22.3 Å². The van der Waals surface area contributed by atoms with E-state index in [4.69, 9.17) is 24.1 Å². The summed E-state index contributed by atoms with van der Waals surface area (Å²) in [6.07, 6.45) is 0. The lowest BCUT2D eigenvalue weighted by Gasteiger charge is -2.50. The number of aromatic nitrogens is 3. The molecule has 60 heavy (non-hydrogen) atoms. The monoisotopic (exact) mass is 771 g/mol. The average Bonchev–Trinajstić information content (AvgIpc) is 3.68. The molecule has 284 valence electrons. The molecule has 0 bridgehead atoms. The number of fused-ring (bicyclic) bond motifs is 11. The van der Waals surface area contributed by atoms with Gasteiger partial charge in [-0.1, -0.05) is 166 Å². The minimum Gasteiger partial charge on any atom is -0.457 e. The van der Waals surface area contributed by atoms with Crippen LogP contribution in [0.15, 0.2) is 192 Å². The Morgan fingerprint density at radius 2 is 0.867 bits per heavy atom. The molecule has 12 rings (SSSR count). The second-order valence-electron chi connectivity index (χ2n) is 16.3. The largest absolute Gasteiger partial charge is 0.457 e. The fourth-order valence-corrected chi connectivity index (χ4v) is 9.86. The van der Waals surface area contributed by atoms with E-state index >= 15 is 0 Å². The molecule has 2 aliphatic rings. The molecule has 1 aliphatic carbocycles. The SMILES string of the molecule is CC1(C)c2ccccc2C2(c3ccccc3Oc3cc(-c4cccc(-c5nc(-c6ccccc6)nc(-c6ccc7c(c6)oc6ccccc67)n5)c4)ccc32)c2ccccc21. The van der Waals surface area contributed by atoms with Crippen LogP contribution in [0.25, 0.3) is 67.2 Å². The summed E-state index contributed by atoms with van der Waals surface area (Å²) in [6.45, 7) is 4.69. The normalized spacial score (nSPS) is 14.2. The van der Waals surface area contributed by atoms with Gasteiger partial charge < -0.3 is 9.15 Å². The molecule has 1 spiro atoms. The van der Waals surface area contributed by atoms with Gasteiger partial charge in [0.15, 0.2) is 17.5 Å². The Morgan fingerprint density at radius 1 is 0.350 bits per heavy atom. The minimum absolute atomic E-state index is 0.179. The summed E-state index contributed by atoms with van der Waals surface area (Å²) in [5, 5.41) is 2.14. The van der Waals surface area contributed by atoms with E-state index in [-0.39, 0.29) is 5.41 Å². The Morgan fingerprint density at radius 3 is 1.62 bits per heavy atom. The number of furan rings is 1. The molecule has 0 unspecified atom stereocenters. The van der Waals surface area contributed by atoms with Crippen LogP contribution in [0.4, 0.5) is 0 Å². The zero-order valence-corrected chi connectivity index (χ0v) is 33.1. The molecule has 5 heteroatoms. The van der Waals surface area contributed by atoms with E-state index in [0.717, 1.165) is 72.4 Å². The molecule has 5 nitrogen and oxygen atoms in total. The van der Waals surface area contributed by atoms with Crippen molar-refractivity contribution in [3.05, 3.63) is 221 Å². The van der Waals surface area contributed by atoms with Gasteiger partial charge in [-0.05, 0) is 69.8 Å². The van der Waals surface area contributed by atoms with Crippen LogP contribution in [0.5, 0.6) is 11.5 Å². The van der Waals surface area contributed by atoms with Gasteiger partial charge in [0.25, 0.3) is 0 Å². The summed E-state index contributed by atoms with van der Waals surface area (Å²) in [5.74, 6) is 3.48. The Balaban J connectivity index is 1.00. The number of hydrogen-bond donors (Lipinski definition) is 0. The Bertz CT molecular complexity index is 3300. The number of nitrogens with zero attached hydrogens (tertiary/aromatic N) is 3. The lowest BCUT2D eigenvalue weighted by atomic mass is 9.53. The van der Waals surface area contributed by atoms with Gasteiger partial charge in [0.1, 0.15) is 22.7 Å². The van der Waals surface area contributed by atoms with Crippen molar-refractivity contribution in [3.8, 4) is 56.8 Å². The fourth-order valence-electron chi connectivity index (χ4n) is 9.86. The zero-order valence-electron chi connectivity index (χ0n) is 33.1. The highest BCUT2D eigenvalue weighted by Gasteiger charge is 2.52. The summed E-state index contributed by atoms with van der Waals surface area (Å²) in [4.78, 5) is 15.2. The molecule has 0 N–H and O–H groups in total. The molecular weight excluding hydrogens is 735 g/mol. The molecule has 0 atom stereocenters. The van der Waals surface area contributed by atoms with Crippen molar-refractivity contribution < 1.29 is 9.15 Å². The first-order valence-electron chi connectivity index (χ1n) is 20.4. The number of hydrogen-bond acceptors (Lipinski definition) is 5. The van der Waals surface area contributed by atoms with Gasteiger partial charge in [-0.3, -0.25) is 0 Å². The second-order valence-corrected chi connectivity index (χ2v) is 16.3. The molecular formula is C55H37N3O2. The zero-order chi connectivity index (χ0) is 40.0. The first-order valence-corrected chi connectivity index (χ1v) is 20.4. The third-order valence-corrected chi connectivity index (χ3v) is 12.7. The van der Waals surface area contributed by atoms with E-state index in [1.54, 1.807) is 0 Å². The second kappa shape index (κ2) is 12.9. The molecule has 0 amide bonds. The lowest BCUT2D eigenvalue weighted by molar-refractivity contribution is 0.425. The molecule has 2 aromatic heterocycles. The van der Waals surface area contributed by atoms with Crippen molar-refractivity contribution in [3.63, 3.8) is 0 Å². The molecule has 10 aromatic rings. The number of ether oxygens (including phenoxy) is 1. The van der Waals surface area contributed by atoms with E-state index in [9.17, 15) is 0 Å². The Kier molecular flexibility index (Phi) is 7.42. The van der Waals surface area contributed by atoms with Crippen LogP contribution in [0.3, 0.4) is 0 Å². The summed E-state index contributed by atoms with van der Waals surface area (Å²) in [5.41, 5.74) is 13.2. The van der Waals surface area contributed by atoms with E-state index < -0.39 is 5.41 Å². The van der Waals surface area contributed by atoms with E-state index in [0.29, 0.717) is 17.5 Å². The van der Waals surface area contributed by atoms with Crippen molar-refractivity contribution in [2.75, 3.05) is 0 Å². The van der Waals surface area contributed by atoms with E-state index in [2.05, 4.69) is 147 Å². The van der Waals surface area contributed by atoms with Crippen LogP contribution < -0.4 is 4.74 Å². The van der Waals surface area contributed by atoms with Crippen molar-refractivity contribution in [2.45, 2.75) is 24.7 Å². The maximum absolute atomic E-state index is 6.90. The smallest absolute Gasteiger partial charge is 0.164 e. The first kappa shape index (κ1) is 34.4. The van der Waals surface area contributed by atoms with Gasteiger partial charge in [0, 0.05) is 44.0 Å². The van der Waals surface area contributed by atoms with Crippen molar-refractivity contribution in [1.82, 2.24) is 15.0 Å². The summed E-state index contributed by atoms with van der Waals surface area (Å²) in [7, 11) is 0. The van der Waals surface area contributed by atoms with E-state index in [1.807, 2.05) is 54.6 Å². The average molecular weight is 772 g/mol. The van der Waals surface area contributed by atoms with Crippen LogP contribution in [0.1, 0.15) is 47.2 Å².